The van der Waals surface area contributed by atoms with Crippen LogP contribution in [0.5, 0.6) is 0 Å². The van der Waals surface area contributed by atoms with Crippen molar-refractivity contribution in [1.29, 1.82) is 0 Å². The highest BCUT2D eigenvalue weighted by Gasteiger charge is 2.32. The molecule has 19 heavy (non-hydrogen) atoms. The van der Waals surface area contributed by atoms with Crippen molar-refractivity contribution >= 4 is 0 Å². The number of rotatable bonds is 10. The molecule has 2 heteroatoms. The molecule has 0 amide bonds. The molecular formula is C17H33NO. The smallest absolute Gasteiger partial charge is 0.0587 e. The Morgan fingerprint density at radius 3 is 2.47 bits per heavy atom. The summed E-state index contributed by atoms with van der Waals surface area (Å²) in [5, 5.41) is 3.63. The van der Waals surface area contributed by atoms with Crippen LogP contribution in [0.3, 0.4) is 0 Å². The summed E-state index contributed by atoms with van der Waals surface area (Å²) >= 11 is 0. The molecule has 0 aliphatic heterocycles. The van der Waals surface area contributed by atoms with Gasteiger partial charge in [-0.3, -0.25) is 0 Å². The van der Waals surface area contributed by atoms with Crippen molar-refractivity contribution in [2.45, 2.75) is 65.2 Å². The molecule has 0 aromatic carbocycles. The Bertz CT molecular complexity index is 254. The first-order valence-electron chi connectivity index (χ1n) is 8.18. The van der Waals surface area contributed by atoms with Crippen LogP contribution >= 0.6 is 0 Å². The minimum absolute atomic E-state index is 0.414. The van der Waals surface area contributed by atoms with Gasteiger partial charge in [-0.2, -0.15) is 0 Å². The van der Waals surface area contributed by atoms with Gasteiger partial charge in [-0.1, -0.05) is 38.3 Å². The van der Waals surface area contributed by atoms with Crippen LogP contribution in [0.15, 0.2) is 11.6 Å². The quantitative estimate of drug-likeness (QED) is 0.470. The van der Waals surface area contributed by atoms with Gasteiger partial charge in [0.15, 0.2) is 0 Å². The van der Waals surface area contributed by atoms with Crippen LogP contribution in [-0.2, 0) is 4.74 Å². The van der Waals surface area contributed by atoms with Crippen molar-refractivity contribution < 1.29 is 4.74 Å². The zero-order valence-electron chi connectivity index (χ0n) is 13.3. The Kier molecular flexibility index (Phi) is 8.40. The molecule has 0 bridgehead atoms. The Hall–Kier alpha value is -0.340. The molecule has 0 fully saturated rings. The molecule has 1 N–H and O–H groups in total. The Morgan fingerprint density at radius 2 is 1.95 bits per heavy atom. The fourth-order valence-corrected chi connectivity index (χ4v) is 3.52. The molecule has 112 valence electrons. The Balaban J connectivity index is 2.70. The number of nitrogens with one attached hydrogen (secondary N) is 1. The summed E-state index contributed by atoms with van der Waals surface area (Å²) in [6, 6.07) is 0. The van der Waals surface area contributed by atoms with Gasteiger partial charge in [-0.05, 0) is 38.5 Å². The fraction of sp³-hybridized carbons (Fsp3) is 0.882. The van der Waals surface area contributed by atoms with Crippen LogP contribution in [0.4, 0.5) is 0 Å². The van der Waals surface area contributed by atoms with E-state index in [9.17, 15) is 0 Å². The first-order chi connectivity index (χ1) is 9.29. The zero-order valence-corrected chi connectivity index (χ0v) is 13.3. The molecule has 0 saturated carbocycles. The summed E-state index contributed by atoms with van der Waals surface area (Å²) < 4.78 is 5.14. The van der Waals surface area contributed by atoms with E-state index in [4.69, 9.17) is 4.74 Å². The molecule has 0 aromatic heterocycles. The van der Waals surface area contributed by atoms with Gasteiger partial charge in [-0.25, -0.2) is 0 Å². The maximum Gasteiger partial charge on any atom is 0.0587 e. The number of ether oxygens (including phenoxy) is 1. The van der Waals surface area contributed by atoms with Crippen molar-refractivity contribution in [1.82, 2.24) is 5.32 Å². The van der Waals surface area contributed by atoms with Crippen molar-refractivity contribution in [2.75, 3.05) is 26.8 Å². The van der Waals surface area contributed by atoms with E-state index in [0.29, 0.717) is 5.41 Å². The molecule has 0 radical (unpaired) electrons. The second-order valence-corrected chi connectivity index (χ2v) is 5.93. The summed E-state index contributed by atoms with van der Waals surface area (Å²) in [5.74, 6) is 0. The van der Waals surface area contributed by atoms with E-state index in [2.05, 4.69) is 25.2 Å². The SMILES string of the molecule is CCCC(CCC)(CNCCOC)C1=CCCCC1. The van der Waals surface area contributed by atoms with E-state index in [1.165, 1.54) is 51.4 Å². The average molecular weight is 267 g/mol. The average Bonchev–Trinajstić information content (AvgIpc) is 2.45. The molecule has 0 saturated heterocycles. The van der Waals surface area contributed by atoms with Gasteiger partial charge in [0.1, 0.15) is 0 Å². The summed E-state index contributed by atoms with van der Waals surface area (Å²) in [6.07, 6.45) is 13.2. The van der Waals surface area contributed by atoms with Gasteiger partial charge < -0.3 is 10.1 Å². The molecular weight excluding hydrogens is 234 g/mol. The first kappa shape index (κ1) is 16.7. The minimum Gasteiger partial charge on any atom is -0.383 e. The fourth-order valence-electron chi connectivity index (χ4n) is 3.52. The number of allylic oxidation sites excluding steroid dienone is 1. The monoisotopic (exact) mass is 267 g/mol. The summed E-state index contributed by atoms with van der Waals surface area (Å²) in [5.41, 5.74) is 2.16. The van der Waals surface area contributed by atoms with Crippen molar-refractivity contribution in [2.24, 2.45) is 5.41 Å². The molecule has 1 aliphatic rings. The Morgan fingerprint density at radius 1 is 1.21 bits per heavy atom. The second-order valence-electron chi connectivity index (χ2n) is 5.93. The predicted molar refractivity (Wildman–Crippen MR) is 83.5 cm³/mol. The lowest BCUT2D eigenvalue weighted by atomic mass is 9.69. The largest absolute Gasteiger partial charge is 0.383 e. The molecule has 2 nitrogen and oxygen atoms in total. The van der Waals surface area contributed by atoms with E-state index in [0.717, 1.165) is 19.7 Å². The van der Waals surface area contributed by atoms with Crippen molar-refractivity contribution in [3.63, 3.8) is 0 Å². The third-order valence-electron chi connectivity index (χ3n) is 4.38. The highest BCUT2D eigenvalue weighted by molar-refractivity contribution is 5.17. The van der Waals surface area contributed by atoms with Crippen LogP contribution in [-0.4, -0.2) is 26.8 Å². The van der Waals surface area contributed by atoms with E-state index in [1.807, 2.05) is 0 Å². The third-order valence-corrected chi connectivity index (χ3v) is 4.38. The van der Waals surface area contributed by atoms with E-state index >= 15 is 0 Å². The highest BCUT2D eigenvalue weighted by atomic mass is 16.5. The maximum atomic E-state index is 5.14. The van der Waals surface area contributed by atoms with Gasteiger partial charge in [0.05, 0.1) is 6.61 Å². The number of hydrogen-bond acceptors (Lipinski definition) is 2. The van der Waals surface area contributed by atoms with Crippen molar-refractivity contribution in [3.05, 3.63) is 11.6 Å². The molecule has 0 spiro atoms. The normalized spacial score (nSPS) is 16.5. The van der Waals surface area contributed by atoms with Crippen molar-refractivity contribution in [3.8, 4) is 0 Å². The summed E-state index contributed by atoms with van der Waals surface area (Å²) in [4.78, 5) is 0. The molecule has 0 heterocycles. The third kappa shape index (κ3) is 5.27. The van der Waals surface area contributed by atoms with Crippen LogP contribution in [0.25, 0.3) is 0 Å². The summed E-state index contributed by atoms with van der Waals surface area (Å²) in [7, 11) is 1.77. The standard InChI is InChI=1S/C17H33NO/c1-4-11-17(12-5-2,15-18-13-14-19-3)16-9-7-6-8-10-16/h9,18H,4-8,10-15H2,1-3H3. The lowest BCUT2D eigenvalue weighted by Gasteiger charge is -2.38. The topological polar surface area (TPSA) is 21.3 Å². The zero-order chi connectivity index (χ0) is 14.0. The molecule has 0 atom stereocenters. The Labute approximate surface area is 120 Å². The van der Waals surface area contributed by atoms with E-state index < -0.39 is 0 Å². The van der Waals surface area contributed by atoms with Crippen LogP contribution in [0.2, 0.25) is 0 Å². The van der Waals surface area contributed by atoms with E-state index in [-0.39, 0.29) is 0 Å². The van der Waals surface area contributed by atoms with Gasteiger partial charge in [0, 0.05) is 25.6 Å². The lowest BCUT2D eigenvalue weighted by molar-refractivity contribution is 0.189. The highest BCUT2D eigenvalue weighted by Crippen LogP contribution is 2.41. The predicted octanol–water partition coefficient (Wildman–Crippen LogP) is 4.31. The lowest BCUT2D eigenvalue weighted by Crippen LogP contribution is -2.38. The second kappa shape index (κ2) is 9.55. The number of methoxy groups -OCH3 is 1. The van der Waals surface area contributed by atoms with Crippen LogP contribution in [0.1, 0.15) is 65.2 Å². The number of hydrogen-bond donors (Lipinski definition) is 1. The van der Waals surface area contributed by atoms with Gasteiger partial charge in [0.2, 0.25) is 0 Å². The first-order valence-corrected chi connectivity index (χ1v) is 8.18. The van der Waals surface area contributed by atoms with Gasteiger partial charge >= 0.3 is 0 Å². The van der Waals surface area contributed by atoms with Crippen LogP contribution < -0.4 is 5.32 Å². The summed E-state index contributed by atoms with van der Waals surface area (Å²) in [6.45, 7) is 7.56. The minimum atomic E-state index is 0.414. The maximum absolute atomic E-state index is 5.14. The van der Waals surface area contributed by atoms with Gasteiger partial charge in [-0.15, -0.1) is 0 Å². The molecule has 1 aliphatic carbocycles. The molecule has 0 aromatic rings. The van der Waals surface area contributed by atoms with Gasteiger partial charge in [0.25, 0.3) is 0 Å². The van der Waals surface area contributed by atoms with Crippen LogP contribution in [0, 0.1) is 5.41 Å². The molecule has 0 unspecified atom stereocenters. The van der Waals surface area contributed by atoms with E-state index in [1.54, 1.807) is 12.7 Å². The molecule has 1 rings (SSSR count).